The summed E-state index contributed by atoms with van der Waals surface area (Å²) in [6.45, 7) is 0. The summed E-state index contributed by atoms with van der Waals surface area (Å²) in [6, 6.07) is 0. The van der Waals surface area contributed by atoms with Crippen molar-refractivity contribution in [3.05, 3.63) is 0 Å². The Morgan fingerprint density at radius 1 is 1.21 bits per heavy atom. The highest BCUT2D eigenvalue weighted by molar-refractivity contribution is 7.85. The Morgan fingerprint density at radius 3 is 2.16 bits per heavy atom. The molecule has 0 aliphatic heterocycles. The van der Waals surface area contributed by atoms with Gasteiger partial charge in [-0.3, -0.25) is 0 Å². The van der Waals surface area contributed by atoms with Crippen molar-refractivity contribution >= 4 is 16.2 Å². The zero-order valence-corrected chi connectivity index (χ0v) is 10.9. The molecule has 6 nitrogen and oxygen atoms in total. The Bertz CT molecular complexity index is 428. The van der Waals surface area contributed by atoms with Crippen molar-refractivity contribution in [1.82, 2.24) is 5.48 Å². The molecule has 1 rings (SSSR count). The molecule has 1 fully saturated rings. The van der Waals surface area contributed by atoms with Crippen molar-refractivity contribution in [2.45, 2.75) is 43.9 Å². The summed E-state index contributed by atoms with van der Waals surface area (Å²) in [6.07, 6.45) is -5.17. The first-order valence-electron chi connectivity index (χ1n) is 5.50. The fraction of sp³-hybridized carbons (Fsp3) is 0.889. The normalized spacial score (nSPS) is 19.8. The second-order valence-corrected chi connectivity index (χ2v) is 5.91. The number of alkyl halides is 3. The molecule has 1 aliphatic rings. The van der Waals surface area contributed by atoms with E-state index in [0.29, 0.717) is 12.7 Å². The summed E-state index contributed by atoms with van der Waals surface area (Å²) >= 11 is 0. The van der Waals surface area contributed by atoms with E-state index in [0.717, 1.165) is 0 Å². The van der Waals surface area contributed by atoms with Gasteiger partial charge in [0.15, 0.2) is 0 Å². The molecule has 19 heavy (non-hydrogen) atoms. The number of hydrogen-bond acceptors (Lipinski definition) is 5. The minimum atomic E-state index is -4.71. The molecule has 0 atom stereocenters. The summed E-state index contributed by atoms with van der Waals surface area (Å²) in [5, 5.41) is 0. The van der Waals surface area contributed by atoms with Gasteiger partial charge >= 0.3 is 12.3 Å². The van der Waals surface area contributed by atoms with Crippen LogP contribution in [0.4, 0.5) is 18.0 Å². The van der Waals surface area contributed by atoms with Crippen molar-refractivity contribution in [3.63, 3.8) is 0 Å². The van der Waals surface area contributed by atoms with Crippen LogP contribution in [0.15, 0.2) is 0 Å². The molecule has 0 heterocycles. The number of nitrogens with one attached hydrogen (secondary N) is 1. The summed E-state index contributed by atoms with van der Waals surface area (Å²) in [7, 11) is -4.01. The van der Waals surface area contributed by atoms with E-state index >= 15 is 0 Å². The maximum absolute atomic E-state index is 13.0. The van der Waals surface area contributed by atoms with Gasteiger partial charge in [0.25, 0.3) is 10.1 Å². The first-order chi connectivity index (χ1) is 8.56. The van der Waals surface area contributed by atoms with Crippen LogP contribution in [0.25, 0.3) is 0 Å². The summed E-state index contributed by atoms with van der Waals surface area (Å²) in [4.78, 5) is 11.2. The van der Waals surface area contributed by atoms with Gasteiger partial charge in [-0.25, -0.2) is 4.79 Å². The smallest absolute Gasteiger partial charge is 0.432 e. The Morgan fingerprint density at radius 2 is 1.74 bits per heavy atom. The predicted molar refractivity (Wildman–Crippen MR) is 57.4 cm³/mol. The average Bonchev–Trinajstić information content (AvgIpc) is 2.25. The van der Waals surface area contributed by atoms with E-state index < -0.39 is 28.0 Å². The third-order valence-corrected chi connectivity index (χ3v) is 3.13. The third-order valence-electron chi connectivity index (χ3n) is 2.74. The highest BCUT2D eigenvalue weighted by Gasteiger charge is 2.58. The number of hydrogen-bond donors (Lipinski definition) is 1. The molecule has 0 aromatic rings. The highest BCUT2D eigenvalue weighted by Crippen LogP contribution is 2.44. The van der Waals surface area contributed by atoms with Crippen LogP contribution >= 0.6 is 0 Å². The van der Waals surface area contributed by atoms with Crippen LogP contribution in [-0.4, -0.2) is 32.5 Å². The van der Waals surface area contributed by atoms with E-state index in [2.05, 4.69) is 9.02 Å². The minimum Gasteiger partial charge on any atom is -0.432 e. The van der Waals surface area contributed by atoms with Crippen LogP contribution in [0, 0.1) is 0 Å². The topological polar surface area (TPSA) is 81.7 Å². The zero-order chi connectivity index (χ0) is 14.7. The molecule has 0 bridgehead atoms. The molecule has 0 saturated heterocycles. The number of ether oxygens (including phenoxy) is 1. The van der Waals surface area contributed by atoms with Gasteiger partial charge in [0.1, 0.15) is 0 Å². The lowest BCUT2D eigenvalue weighted by Gasteiger charge is -2.37. The van der Waals surface area contributed by atoms with Gasteiger partial charge in [0, 0.05) is 0 Å². The van der Waals surface area contributed by atoms with Gasteiger partial charge in [-0.1, -0.05) is 6.42 Å². The van der Waals surface area contributed by atoms with E-state index in [1.165, 1.54) is 5.48 Å². The van der Waals surface area contributed by atoms with Gasteiger partial charge in [-0.15, -0.1) is 4.28 Å². The monoisotopic (exact) mass is 305 g/mol. The lowest BCUT2D eigenvalue weighted by atomic mass is 9.84. The van der Waals surface area contributed by atoms with E-state index in [9.17, 15) is 26.4 Å². The Labute approximate surface area is 108 Å². The number of carbonyl (C=O) groups excluding carboxylic acids is 1. The molecular formula is C9H14F3NO5S. The van der Waals surface area contributed by atoms with E-state index in [4.69, 9.17) is 0 Å². The molecule has 0 aromatic carbocycles. The van der Waals surface area contributed by atoms with E-state index in [1.54, 1.807) is 0 Å². The maximum atomic E-state index is 13.0. The molecule has 0 radical (unpaired) electrons. The molecule has 1 amide bonds. The molecule has 0 spiro atoms. The Hall–Kier alpha value is -1.03. The van der Waals surface area contributed by atoms with Crippen molar-refractivity contribution in [1.29, 1.82) is 0 Å². The van der Waals surface area contributed by atoms with Crippen molar-refractivity contribution in [3.8, 4) is 0 Å². The largest absolute Gasteiger partial charge is 0.433 e. The SMILES string of the molecule is CS(=O)(=O)ONC(=O)OC1(C(F)(F)F)CCCCC1. The van der Waals surface area contributed by atoms with Gasteiger partial charge in [0.2, 0.25) is 5.60 Å². The number of hydroxylamine groups is 1. The van der Waals surface area contributed by atoms with E-state index in [1.807, 2.05) is 0 Å². The van der Waals surface area contributed by atoms with Crippen molar-refractivity contribution in [2.75, 3.05) is 6.26 Å². The molecule has 112 valence electrons. The van der Waals surface area contributed by atoms with Gasteiger partial charge in [-0.2, -0.15) is 27.1 Å². The predicted octanol–water partition coefficient (Wildman–Crippen LogP) is 1.87. The van der Waals surface area contributed by atoms with Crippen molar-refractivity contribution in [2.24, 2.45) is 0 Å². The number of halogens is 3. The minimum absolute atomic E-state index is 0.278. The molecule has 1 aliphatic carbocycles. The van der Waals surface area contributed by atoms with E-state index in [-0.39, 0.29) is 25.7 Å². The van der Waals surface area contributed by atoms with Crippen LogP contribution in [0.3, 0.4) is 0 Å². The number of amides is 1. The fourth-order valence-corrected chi connectivity index (χ4v) is 2.09. The van der Waals surface area contributed by atoms with Crippen LogP contribution < -0.4 is 5.48 Å². The Balaban J connectivity index is 2.71. The highest BCUT2D eigenvalue weighted by atomic mass is 32.2. The molecule has 1 N–H and O–H groups in total. The molecule has 0 unspecified atom stereocenters. The Kier molecular flexibility index (Phi) is 4.67. The lowest BCUT2D eigenvalue weighted by Crippen LogP contribution is -2.52. The lowest BCUT2D eigenvalue weighted by molar-refractivity contribution is -0.268. The van der Waals surface area contributed by atoms with Crippen LogP contribution in [0.5, 0.6) is 0 Å². The maximum Gasteiger partial charge on any atom is 0.433 e. The van der Waals surface area contributed by atoms with Crippen LogP contribution in [0.1, 0.15) is 32.1 Å². The first-order valence-corrected chi connectivity index (χ1v) is 7.32. The summed E-state index contributed by atoms with van der Waals surface area (Å²) in [5.74, 6) is 0. The number of rotatable bonds is 3. The molecule has 10 heteroatoms. The zero-order valence-electron chi connectivity index (χ0n) is 10.1. The van der Waals surface area contributed by atoms with Crippen LogP contribution in [0.2, 0.25) is 0 Å². The third kappa shape index (κ3) is 4.53. The van der Waals surface area contributed by atoms with Gasteiger partial charge < -0.3 is 4.74 Å². The summed E-state index contributed by atoms with van der Waals surface area (Å²) in [5.41, 5.74) is -1.26. The van der Waals surface area contributed by atoms with Crippen molar-refractivity contribution < 1.29 is 35.4 Å². The molecule has 0 aromatic heterocycles. The number of carbonyl (C=O) groups is 1. The summed E-state index contributed by atoms with van der Waals surface area (Å²) < 4.78 is 68.3. The van der Waals surface area contributed by atoms with Crippen LogP contribution in [-0.2, 0) is 19.1 Å². The second kappa shape index (κ2) is 5.53. The van der Waals surface area contributed by atoms with Gasteiger partial charge in [0.05, 0.1) is 6.26 Å². The second-order valence-electron chi connectivity index (χ2n) is 4.33. The molecular weight excluding hydrogens is 291 g/mol. The quantitative estimate of drug-likeness (QED) is 0.805. The fourth-order valence-electron chi connectivity index (χ4n) is 1.87. The van der Waals surface area contributed by atoms with Gasteiger partial charge in [-0.05, 0) is 25.7 Å². The standard InChI is InChI=1S/C9H14F3NO5S/c1-19(15,16)18-13-7(14)17-8(9(10,11)12)5-3-2-4-6-8/h2-6H2,1H3,(H,13,14). The first kappa shape index (κ1) is 16.0. The average molecular weight is 305 g/mol. The molecule has 1 saturated carbocycles.